The van der Waals surface area contributed by atoms with Crippen LogP contribution in [0.25, 0.3) is 0 Å². The van der Waals surface area contributed by atoms with Crippen LogP contribution in [0.4, 0.5) is 6.01 Å². The van der Waals surface area contributed by atoms with Crippen molar-refractivity contribution in [3.63, 3.8) is 0 Å². The SMILES string of the molecule is O=C(O)c1cc(S(=O)(=O)Nc2nnc(C3CC3)o2)c(Br)o1. The standard InChI is InChI=1S/C10H8BrN3O6S/c11-7-6(3-5(19-7)9(15)16)21(17,18)14-10-13-12-8(20-10)4-1-2-4/h3-4H,1-2H2,(H,13,14)(H,15,16). The zero-order valence-electron chi connectivity index (χ0n) is 10.2. The zero-order valence-corrected chi connectivity index (χ0v) is 12.6. The second-order valence-corrected chi connectivity index (χ2v) is 6.75. The van der Waals surface area contributed by atoms with E-state index in [9.17, 15) is 13.2 Å². The minimum atomic E-state index is -4.10. The van der Waals surface area contributed by atoms with Gasteiger partial charge in [0, 0.05) is 12.0 Å². The number of anilines is 1. The van der Waals surface area contributed by atoms with Gasteiger partial charge in [-0.2, -0.15) is 0 Å². The number of carboxylic acid groups (broad SMARTS) is 1. The maximum atomic E-state index is 12.1. The fourth-order valence-electron chi connectivity index (χ4n) is 1.58. The third-order valence-corrected chi connectivity index (χ3v) is 4.92. The summed E-state index contributed by atoms with van der Waals surface area (Å²) in [7, 11) is -4.10. The smallest absolute Gasteiger partial charge is 0.371 e. The van der Waals surface area contributed by atoms with Crippen LogP contribution < -0.4 is 4.72 Å². The van der Waals surface area contributed by atoms with Crippen molar-refractivity contribution >= 4 is 37.9 Å². The first-order valence-corrected chi connectivity index (χ1v) is 8.03. The highest BCUT2D eigenvalue weighted by Gasteiger charge is 2.31. The Morgan fingerprint density at radius 2 is 2.10 bits per heavy atom. The molecule has 0 aliphatic heterocycles. The van der Waals surface area contributed by atoms with E-state index in [0.29, 0.717) is 5.89 Å². The van der Waals surface area contributed by atoms with Crippen LogP contribution in [0.2, 0.25) is 0 Å². The molecule has 0 aromatic carbocycles. The van der Waals surface area contributed by atoms with Gasteiger partial charge in [0.25, 0.3) is 10.0 Å². The molecule has 2 aromatic heterocycles. The van der Waals surface area contributed by atoms with Crippen molar-refractivity contribution in [2.24, 2.45) is 0 Å². The zero-order chi connectivity index (χ0) is 15.2. The van der Waals surface area contributed by atoms with Crippen molar-refractivity contribution in [2.45, 2.75) is 23.7 Å². The number of sulfonamides is 1. The third-order valence-electron chi connectivity index (χ3n) is 2.74. The predicted molar refractivity (Wildman–Crippen MR) is 70.4 cm³/mol. The fourth-order valence-corrected chi connectivity index (χ4v) is 3.45. The number of nitrogens with zero attached hydrogens (tertiary/aromatic N) is 2. The van der Waals surface area contributed by atoms with Gasteiger partial charge >= 0.3 is 12.0 Å². The Hall–Kier alpha value is -1.88. The normalized spacial score (nSPS) is 15.1. The number of hydrogen-bond acceptors (Lipinski definition) is 7. The molecule has 0 saturated heterocycles. The quantitative estimate of drug-likeness (QED) is 0.804. The lowest BCUT2D eigenvalue weighted by Gasteiger charge is -2.00. The van der Waals surface area contributed by atoms with E-state index >= 15 is 0 Å². The number of nitrogens with one attached hydrogen (secondary N) is 1. The molecule has 3 rings (SSSR count). The van der Waals surface area contributed by atoms with E-state index in [1.165, 1.54) is 0 Å². The molecule has 1 fully saturated rings. The average Bonchev–Trinajstić information content (AvgIpc) is 3.01. The van der Waals surface area contributed by atoms with Crippen molar-refractivity contribution in [3.8, 4) is 0 Å². The molecule has 0 spiro atoms. The summed E-state index contributed by atoms with van der Waals surface area (Å²) in [6.07, 6.45) is 1.87. The van der Waals surface area contributed by atoms with Crippen LogP contribution in [0, 0.1) is 0 Å². The van der Waals surface area contributed by atoms with E-state index in [1.807, 2.05) is 0 Å². The molecular formula is C10H8BrN3O6S. The van der Waals surface area contributed by atoms with Gasteiger partial charge in [-0.15, -0.1) is 5.10 Å². The highest BCUT2D eigenvalue weighted by molar-refractivity contribution is 9.10. The minimum absolute atomic E-state index is 0.190. The second-order valence-electron chi connectivity index (χ2n) is 4.38. The Labute approximate surface area is 126 Å². The van der Waals surface area contributed by atoms with E-state index in [0.717, 1.165) is 18.9 Å². The molecule has 0 unspecified atom stereocenters. The van der Waals surface area contributed by atoms with Crippen LogP contribution in [0.1, 0.15) is 35.2 Å². The number of halogens is 1. The van der Waals surface area contributed by atoms with Crippen LogP contribution in [0.3, 0.4) is 0 Å². The topological polar surface area (TPSA) is 136 Å². The van der Waals surface area contributed by atoms with Crippen LogP contribution in [0.5, 0.6) is 0 Å². The average molecular weight is 378 g/mol. The molecule has 21 heavy (non-hydrogen) atoms. The van der Waals surface area contributed by atoms with Crippen LogP contribution >= 0.6 is 15.9 Å². The van der Waals surface area contributed by atoms with Crippen molar-refractivity contribution in [1.82, 2.24) is 10.2 Å². The van der Waals surface area contributed by atoms with E-state index in [2.05, 4.69) is 30.8 Å². The maximum absolute atomic E-state index is 12.1. The summed E-state index contributed by atoms with van der Waals surface area (Å²) in [5.74, 6) is -1.32. The van der Waals surface area contributed by atoms with Gasteiger partial charge in [0.1, 0.15) is 4.90 Å². The molecule has 0 radical (unpaired) electrons. The first kappa shape index (κ1) is 14.1. The van der Waals surface area contributed by atoms with Gasteiger partial charge in [-0.1, -0.05) is 5.10 Å². The molecule has 9 nitrogen and oxygen atoms in total. The summed E-state index contributed by atoms with van der Waals surface area (Å²) in [4.78, 5) is 10.4. The Bertz CT molecular complexity index is 807. The number of aromatic carboxylic acids is 1. The van der Waals surface area contributed by atoms with Crippen LogP contribution in [0.15, 0.2) is 24.5 Å². The lowest BCUT2D eigenvalue weighted by Crippen LogP contribution is -2.13. The monoisotopic (exact) mass is 377 g/mol. The Morgan fingerprint density at radius 3 is 2.67 bits per heavy atom. The van der Waals surface area contributed by atoms with Gasteiger partial charge in [-0.05, 0) is 28.8 Å². The van der Waals surface area contributed by atoms with Crippen molar-refractivity contribution in [2.75, 3.05) is 4.72 Å². The van der Waals surface area contributed by atoms with E-state index < -0.39 is 21.8 Å². The van der Waals surface area contributed by atoms with Gasteiger partial charge in [-0.25, -0.2) is 17.9 Å². The van der Waals surface area contributed by atoms with Gasteiger partial charge < -0.3 is 13.9 Å². The predicted octanol–water partition coefficient (Wildman–Crippen LogP) is 1.80. The van der Waals surface area contributed by atoms with E-state index in [1.54, 1.807) is 0 Å². The first-order valence-electron chi connectivity index (χ1n) is 5.75. The van der Waals surface area contributed by atoms with E-state index in [-0.39, 0.29) is 21.5 Å². The van der Waals surface area contributed by atoms with Gasteiger partial charge in [0.2, 0.25) is 11.7 Å². The highest BCUT2D eigenvalue weighted by atomic mass is 79.9. The molecule has 112 valence electrons. The molecule has 0 atom stereocenters. The summed E-state index contributed by atoms with van der Waals surface area (Å²) in [5, 5.41) is 16.1. The molecule has 0 bridgehead atoms. The molecular weight excluding hydrogens is 370 g/mol. The van der Waals surface area contributed by atoms with Crippen molar-refractivity contribution in [1.29, 1.82) is 0 Å². The molecule has 11 heteroatoms. The number of hydrogen-bond donors (Lipinski definition) is 2. The molecule has 1 aliphatic rings. The maximum Gasteiger partial charge on any atom is 0.371 e. The first-order chi connectivity index (χ1) is 9.87. The summed E-state index contributed by atoms with van der Waals surface area (Å²) in [6, 6.07) is 0.606. The van der Waals surface area contributed by atoms with Crippen molar-refractivity contribution < 1.29 is 27.2 Å². The third kappa shape index (κ3) is 2.78. The Kier molecular flexibility index (Phi) is 3.24. The highest BCUT2D eigenvalue weighted by Crippen LogP contribution is 2.39. The number of furan rings is 1. The molecule has 1 aliphatic carbocycles. The molecule has 2 N–H and O–H groups in total. The Balaban J connectivity index is 1.87. The molecule has 2 aromatic rings. The number of carbonyl (C=O) groups is 1. The Morgan fingerprint density at radius 1 is 1.38 bits per heavy atom. The van der Waals surface area contributed by atoms with Gasteiger partial charge in [-0.3, -0.25) is 0 Å². The lowest BCUT2D eigenvalue weighted by atomic mass is 10.4. The molecule has 0 amide bonds. The van der Waals surface area contributed by atoms with Crippen molar-refractivity contribution in [3.05, 3.63) is 22.4 Å². The second kappa shape index (κ2) is 4.84. The summed E-state index contributed by atoms with van der Waals surface area (Å²) in [6.45, 7) is 0. The van der Waals surface area contributed by atoms with Crippen LogP contribution in [-0.2, 0) is 10.0 Å². The summed E-state index contributed by atoms with van der Waals surface area (Å²) in [5.41, 5.74) is 0. The summed E-state index contributed by atoms with van der Waals surface area (Å²) < 4.78 is 36.1. The van der Waals surface area contributed by atoms with Gasteiger partial charge in [0.15, 0.2) is 4.67 Å². The minimum Gasteiger partial charge on any atom is -0.475 e. The number of rotatable bonds is 5. The molecule has 1 saturated carbocycles. The van der Waals surface area contributed by atoms with E-state index in [4.69, 9.17) is 13.9 Å². The fraction of sp³-hybridized carbons (Fsp3) is 0.300. The summed E-state index contributed by atoms with van der Waals surface area (Å²) >= 11 is 2.86. The van der Waals surface area contributed by atoms with Crippen LogP contribution in [-0.4, -0.2) is 29.7 Å². The number of carboxylic acids is 1. The lowest BCUT2D eigenvalue weighted by molar-refractivity contribution is 0.0661. The molecule has 2 heterocycles. The van der Waals surface area contributed by atoms with Gasteiger partial charge in [0.05, 0.1) is 0 Å². The number of aromatic nitrogens is 2. The largest absolute Gasteiger partial charge is 0.475 e.